The van der Waals surface area contributed by atoms with Crippen LogP contribution in [0.1, 0.15) is 25.5 Å². The first-order valence-electron chi connectivity index (χ1n) is 4.75. The Morgan fingerprint density at radius 1 is 1.60 bits per heavy atom. The Labute approximate surface area is 95.1 Å². The van der Waals surface area contributed by atoms with Gasteiger partial charge < -0.3 is 9.84 Å². The number of halogens is 1. The highest BCUT2D eigenvalue weighted by atomic mass is 35.5. The summed E-state index contributed by atoms with van der Waals surface area (Å²) < 4.78 is 5.42. The van der Waals surface area contributed by atoms with Crippen LogP contribution in [0, 0.1) is 0 Å². The Kier molecular flexibility index (Phi) is 4.18. The SMILES string of the molecule is C=C(C)COc1ccc([C@H](C)O)cc1Cl. The van der Waals surface area contributed by atoms with Gasteiger partial charge in [-0.2, -0.15) is 0 Å². The van der Waals surface area contributed by atoms with Crippen molar-refractivity contribution in [2.75, 3.05) is 6.61 Å². The fourth-order valence-corrected chi connectivity index (χ4v) is 1.34. The van der Waals surface area contributed by atoms with Gasteiger partial charge in [-0.1, -0.05) is 24.2 Å². The molecule has 0 saturated heterocycles. The van der Waals surface area contributed by atoms with Crippen LogP contribution in [0.5, 0.6) is 5.75 Å². The number of hydrogen-bond donors (Lipinski definition) is 1. The minimum Gasteiger partial charge on any atom is -0.488 e. The fraction of sp³-hybridized carbons (Fsp3) is 0.333. The summed E-state index contributed by atoms with van der Waals surface area (Å²) in [5, 5.41) is 9.85. The molecule has 1 atom stereocenters. The van der Waals surface area contributed by atoms with Crippen molar-refractivity contribution in [2.45, 2.75) is 20.0 Å². The zero-order valence-corrected chi connectivity index (χ0v) is 9.71. The van der Waals surface area contributed by atoms with Gasteiger partial charge in [-0.15, -0.1) is 0 Å². The number of rotatable bonds is 4. The van der Waals surface area contributed by atoms with Gasteiger partial charge in [-0.25, -0.2) is 0 Å². The molecule has 1 N–H and O–H groups in total. The molecule has 1 aromatic rings. The largest absolute Gasteiger partial charge is 0.488 e. The molecular weight excluding hydrogens is 212 g/mol. The molecular formula is C12H15ClO2. The predicted octanol–water partition coefficient (Wildman–Crippen LogP) is 3.35. The van der Waals surface area contributed by atoms with E-state index in [1.54, 1.807) is 25.1 Å². The van der Waals surface area contributed by atoms with Crippen LogP contribution in [0.2, 0.25) is 5.02 Å². The van der Waals surface area contributed by atoms with E-state index in [9.17, 15) is 5.11 Å². The Morgan fingerprint density at radius 2 is 2.27 bits per heavy atom. The Balaban J connectivity index is 2.79. The normalized spacial score (nSPS) is 12.3. The summed E-state index contributed by atoms with van der Waals surface area (Å²) >= 11 is 5.99. The first-order valence-corrected chi connectivity index (χ1v) is 5.13. The monoisotopic (exact) mass is 226 g/mol. The average Bonchev–Trinajstić information content (AvgIpc) is 2.15. The standard InChI is InChI=1S/C12H15ClO2/c1-8(2)7-15-12-5-4-10(9(3)14)6-11(12)13/h4-6,9,14H,1,7H2,2-3H3/t9-/m0/s1. The molecule has 0 bridgehead atoms. The predicted molar refractivity (Wildman–Crippen MR) is 62.4 cm³/mol. The molecule has 0 amide bonds. The zero-order valence-electron chi connectivity index (χ0n) is 8.96. The van der Waals surface area contributed by atoms with Crippen LogP contribution in [-0.2, 0) is 0 Å². The lowest BCUT2D eigenvalue weighted by Crippen LogP contribution is -1.99. The third kappa shape index (κ3) is 3.57. The first-order chi connectivity index (χ1) is 7.00. The summed E-state index contributed by atoms with van der Waals surface area (Å²) in [4.78, 5) is 0. The van der Waals surface area contributed by atoms with Gasteiger partial charge in [-0.05, 0) is 37.1 Å². The maximum atomic E-state index is 9.34. The van der Waals surface area contributed by atoms with E-state index in [1.165, 1.54) is 0 Å². The molecule has 0 saturated carbocycles. The van der Waals surface area contributed by atoms with Gasteiger partial charge in [0.2, 0.25) is 0 Å². The number of ether oxygens (including phenoxy) is 1. The van der Waals surface area contributed by atoms with Crippen LogP contribution < -0.4 is 4.74 Å². The van der Waals surface area contributed by atoms with Gasteiger partial charge in [0.05, 0.1) is 11.1 Å². The van der Waals surface area contributed by atoms with Crippen molar-refractivity contribution in [1.29, 1.82) is 0 Å². The summed E-state index contributed by atoms with van der Waals surface area (Å²) in [6, 6.07) is 5.26. The van der Waals surface area contributed by atoms with Crippen molar-refractivity contribution in [3.05, 3.63) is 40.9 Å². The van der Waals surface area contributed by atoms with E-state index in [4.69, 9.17) is 16.3 Å². The maximum Gasteiger partial charge on any atom is 0.138 e. The maximum absolute atomic E-state index is 9.34. The molecule has 0 fully saturated rings. The highest BCUT2D eigenvalue weighted by molar-refractivity contribution is 6.32. The molecule has 0 spiro atoms. The molecule has 2 nitrogen and oxygen atoms in total. The van der Waals surface area contributed by atoms with Crippen molar-refractivity contribution in [2.24, 2.45) is 0 Å². The van der Waals surface area contributed by atoms with E-state index in [2.05, 4.69) is 6.58 Å². The number of aliphatic hydroxyl groups is 1. The van der Waals surface area contributed by atoms with Gasteiger partial charge in [0.15, 0.2) is 0 Å². The van der Waals surface area contributed by atoms with Gasteiger partial charge in [0, 0.05) is 0 Å². The molecule has 0 aliphatic heterocycles. The van der Waals surface area contributed by atoms with E-state index < -0.39 is 6.10 Å². The van der Waals surface area contributed by atoms with Crippen LogP contribution in [0.4, 0.5) is 0 Å². The van der Waals surface area contributed by atoms with Crippen molar-refractivity contribution >= 4 is 11.6 Å². The molecule has 0 aliphatic carbocycles. The molecule has 82 valence electrons. The minimum atomic E-state index is -0.516. The van der Waals surface area contributed by atoms with Crippen LogP contribution >= 0.6 is 11.6 Å². The zero-order chi connectivity index (χ0) is 11.4. The highest BCUT2D eigenvalue weighted by Crippen LogP contribution is 2.28. The summed E-state index contributed by atoms with van der Waals surface area (Å²) in [6.07, 6.45) is -0.516. The van der Waals surface area contributed by atoms with Crippen LogP contribution in [-0.4, -0.2) is 11.7 Å². The minimum absolute atomic E-state index is 0.452. The van der Waals surface area contributed by atoms with E-state index in [1.807, 2.05) is 6.92 Å². The van der Waals surface area contributed by atoms with E-state index in [0.29, 0.717) is 17.4 Å². The van der Waals surface area contributed by atoms with Crippen molar-refractivity contribution in [3.8, 4) is 5.75 Å². The lowest BCUT2D eigenvalue weighted by Gasteiger charge is -2.10. The first kappa shape index (κ1) is 12.1. The second-order valence-corrected chi connectivity index (χ2v) is 4.02. The second kappa shape index (κ2) is 5.19. The molecule has 1 rings (SSSR count). The third-order valence-electron chi connectivity index (χ3n) is 1.91. The Morgan fingerprint density at radius 3 is 2.73 bits per heavy atom. The fourth-order valence-electron chi connectivity index (χ4n) is 1.09. The summed E-state index contributed by atoms with van der Waals surface area (Å²) in [5.74, 6) is 0.615. The van der Waals surface area contributed by atoms with Crippen molar-refractivity contribution in [3.63, 3.8) is 0 Å². The number of benzene rings is 1. The van der Waals surface area contributed by atoms with Crippen LogP contribution in [0.15, 0.2) is 30.4 Å². The van der Waals surface area contributed by atoms with Crippen LogP contribution in [0.25, 0.3) is 0 Å². The van der Waals surface area contributed by atoms with Gasteiger partial charge in [0.25, 0.3) is 0 Å². The molecule has 15 heavy (non-hydrogen) atoms. The second-order valence-electron chi connectivity index (χ2n) is 3.61. The summed E-state index contributed by atoms with van der Waals surface area (Å²) in [5.41, 5.74) is 1.72. The van der Waals surface area contributed by atoms with E-state index in [0.717, 1.165) is 11.1 Å². The molecule has 0 aromatic heterocycles. The topological polar surface area (TPSA) is 29.5 Å². The van der Waals surface area contributed by atoms with E-state index in [-0.39, 0.29) is 0 Å². The lowest BCUT2D eigenvalue weighted by atomic mass is 10.1. The lowest BCUT2D eigenvalue weighted by molar-refractivity contribution is 0.199. The van der Waals surface area contributed by atoms with Gasteiger partial charge in [0.1, 0.15) is 12.4 Å². The van der Waals surface area contributed by atoms with Crippen LogP contribution in [0.3, 0.4) is 0 Å². The van der Waals surface area contributed by atoms with Gasteiger partial charge >= 0.3 is 0 Å². The molecule has 0 aliphatic rings. The van der Waals surface area contributed by atoms with Crippen molar-refractivity contribution in [1.82, 2.24) is 0 Å². The molecule has 0 heterocycles. The molecule has 0 unspecified atom stereocenters. The number of aliphatic hydroxyl groups excluding tert-OH is 1. The molecule has 0 radical (unpaired) electrons. The highest BCUT2D eigenvalue weighted by Gasteiger charge is 2.06. The average molecular weight is 227 g/mol. The molecule has 3 heteroatoms. The quantitative estimate of drug-likeness (QED) is 0.798. The summed E-state index contributed by atoms with van der Waals surface area (Å²) in [7, 11) is 0. The van der Waals surface area contributed by atoms with E-state index >= 15 is 0 Å². The van der Waals surface area contributed by atoms with Gasteiger partial charge in [-0.3, -0.25) is 0 Å². The molecule has 1 aromatic carbocycles. The summed E-state index contributed by atoms with van der Waals surface area (Å²) in [6.45, 7) is 7.77. The Bertz CT molecular complexity index is 359. The van der Waals surface area contributed by atoms with Crippen molar-refractivity contribution < 1.29 is 9.84 Å². The smallest absolute Gasteiger partial charge is 0.138 e. The third-order valence-corrected chi connectivity index (χ3v) is 2.21. The Hall–Kier alpha value is -0.990. The number of hydrogen-bond acceptors (Lipinski definition) is 2.